The summed E-state index contributed by atoms with van der Waals surface area (Å²) in [5.74, 6) is -0.298. The van der Waals surface area contributed by atoms with Crippen molar-refractivity contribution in [1.29, 1.82) is 0 Å². The van der Waals surface area contributed by atoms with Crippen LogP contribution in [0.5, 0.6) is 0 Å². The van der Waals surface area contributed by atoms with Crippen LogP contribution in [0.15, 0.2) is 30.6 Å². The van der Waals surface area contributed by atoms with Gasteiger partial charge in [-0.1, -0.05) is 6.07 Å². The van der Waals surface area contributed by atoms with E-state index in [-0.39, 0.29) is 11.2 Å². The topological polar surface area (TPSA) is 123 Å². The third-order valence-corrected chi connectivity index (χ3v) is 8.29. The highest BCUT2D eigenvalue weighted by Crippen LogP contribution is 2.35. The first kappa shape index (κ1) is 18.3. The molecule has 0 radical (unpaired) electrons. The Morgan fingerprint density at radius 1 is 1.28 bits per heavy atom. The summed E-state index contributed by atoms with van der Waals surface area (Å²) < 4.78 is 28.0. The molecule has 0 saturated heterocycles. The Kier molecular flexibility index (Phi) is 4.41. The molecule has 150 valence electrons. The number of carbonyl (C=O) groups is 1. The van der Waals surface area contributed by atoms with E-state index in [1.165, 1.54) is 22.3 Å². The second-order valence-corrected chi connectivity index (χ2v) is 10.3. The molecule has 0 spiro atoms. The van der Waals surface area contributed by atoms with Gasteiger partial charge in [-0.25, -0.2) is 18.1 Å². The van der Waals surface area contributed by atoms with Crippen LogP contribution >= 0.6 is 11.3 Å². The van der Waals surface area contributed by atoms with Crippen molar-refractivity contribution < 1.29 is 13.2 Å². The molecule has 2 aromatic heterocycles. The van der Waals surface area contributed by atoms with Gasteiger partial charge in [0.25, 0.3) is 5.91 Å². The van der Waals surface area contributed by atoms with E-state index < -0.39 is 10.0 Å². The molecule has 3 heterocycles. The summed E-state index contributed by atoms with van der Waals surface area (Å²) in [6, 6.07) is 6.92. The van der Waals surface area contributed by atoms with Crippen LogP contribution in [-0.2, 0) is 23.0 Å². The second kappa shape index (κ2) is 6.97. The Bertz CT molecular complexity index is 1170. The summed E-state index contributed by atoms with van der Waals surface area (Å²) in [5, 5.41) is 14.1. The van der Waals surface area contributed by atoms with E-state index in [4.69, 9.17) is 0 Å². The predicted molar refractivity (Wildman–Crippen MR) is 105 cm³/mol. The van der Waals surface area contributed by atoms with Crippen molar-refractivity contribution in [3.63, 3.8) is 0 Å². The lowest BCUT2D eigenvalue weighted by atomic mass is 10.2. The molecule has 12 heteroatoms. The third kappa shape index (κ3) is 3.54. The van der Waals surface area contributed by atoms with Crippen LogP contribution in [0.25, 0.3) is 5.69 Å². The number of nitrogens with one attached hydrogen (secondary N) is 1. The van der Waals surface area contributed by atoms with Crippen LogP contribution in [-0.4, -0.2) is 55.6 Å². The third-order valence-electron chi connectivity index (χ3n) is 4.94. The van der Waals surface area contributed by atoms with Crippen LogP contribution in [0.3, 0.4) is 0 Å². The normalized spacial score (nSPS) is 17.1. The maximum absolute atomic E-state index is 12.7. The number of rotatable bonds is 5. The Morgan fingerprint density at radius 2 is 2.14 bits per heavy atom. The highest BCUT2D eigenvalue weighted by Gasteiger charge is 2.41. The number of carbonyl (C=O) groups excluding carboxylic acids is 1. The first-order valence-corrected chi connectivity index (χ1v) is 11.4. The highest BCUT2D eigenvalue weighted by molar-refractivity contribution is 7.90. The molecule has 29 heavy (non-hydrogen) atoms. The van der Waals surface area contributed by atoms with E-state index >= 15 is 0 Å². The number of tetrazole rings is 1. The van der Waals surface area contributed by atoms with Gasteiger partial charge in [0.1, 0.15) is 6.33 Å². The summed E-state index contributed by atoms with van der Waals surface area (Å²) in [6.45, 7) is 0.771. The molecule has 1 saturated carbocycles. The Morgan fingerprint density at radius 3 is 2.90 bits per heavy atom. The summed E-state index contributed by atoms with van der Waals surface area (Å²) in [7, 11) is -3.21. The van der Waals surface area contributed by atoms with Crippen molar-refractivity contribution in [2.75, 3.05) is 11.9 Å². The quantitative estimate of drug-likeness (QED) is 0.644. The largest absolute Gasteiger partial charge is 0.298 e. The maximum atomic E-state index is 12.7. The predicted octanol–water partition coefficient (Wildman–Crippen LogP) is 1.22. The number of nitrogens with zero attached hydrogens (tertiary/aromatic N) is 6. The molecular weight excluding hydrogens is 414 g/mol. The summed E-state index contributed by atoms with van der Waals surface area (Å²) in [5.41, 5.74) is 1.97. The molecule has 1 aromatic carbocycles. The van der Waals surface area contributed by atoms with E-state index in [2.05, 4.69) is 25.8 Å². The molecule has 10 nitrogen and oxygen atoms in total. The fraction of sp³-hybridized carbons (Fsp3) is 0.353. The van der Waals surface area contributed by atoms with Gasteiger partial charge in [0.2, 0.25) is 10.0 Å². The van der Waals surface area contributed by atoms with E-state index in [9.17, 15) is 13.2 Å². The first-order valence-electron chi connectivity index (χ1n) is 9.13. The van der Waals surface area contributed by atoms with Gasteiger partial charge >= 0.3 is 0 Å². The Labute approximate surface area is 170 Å². The number of hydrogen-bond donors (Lipinski definition) is 1. The molecule has 3 aromatic rings. The van der Waals surface area contributed by atoms with Crippen LogP contribution in [0, 0.1) is 0 Å². The molecule has 1 aliphatic carbocycles. The minimum absolute atomic E-state index is 0.219. The highest BCUT2D eigenvalue weighted by atomic mass is 32.2. The van der Waals surface area contributed by atoms with E-state index in [1.54, 1.807) is 28.6 Å². The minimum Gasteiger partial charge on any atom is -0.298 e. The number of hydrogen-bond acceptors (Lipinski definition) is 8. The summed E-state index contributed by atoms with van der Waals surface area (Å²) in [6.07, 6.45) is 3.51. The van der Waals surface area contributed by atoms with Crippen molar-refractivity contribution in [2.24, 2.45) is 0 Å². The van der Waals surface area contributed by atoms with Gasteiger partial charge in [0.15, 0.2) is 5.13 Å². The van der Waals surface area contributed by atoms with Crippen LogP contribution in [0.4, 0.5) is 5.13 Å². The average molecular weight is 432 g/mol. The lowest BCUT2D eigenvalue weighted by molar-refractivity contribution is 0.102. The van der Waals surface area contributed by atoms with E-state index in [0.717, 1.165) is 23.4 Å². The Hall–Kier alpha value is -2.70. The monoisotopic (exact) mass is 431 g/mol. The first-order chi connectivity index (χ1) is 14.0. The number of thiazole rings is 1. The van der Waals surface area contributed by atoms with Crippen LogP contribution < -0.4 is 5.32 Å². The molecule has 1 fully saturated rings. The van der Waals surface area contributed by atoms with Gasteiger partial charge < -0.3 is 0 Å². The minimum atomic E-state index is -3.21. The van der Waals surface area contributed by atoms with Crippen molar-refractivity contribution in [1.82, 2.24) is 29.5 Å². The summed E-state index contributed by atoms with van der Waals surface area (Å²) >= 11 is 1.33. The SMILES string of the molecule is O=C(Nc1nc2c(s1)CN(S(=O)(=O)C1CC1)CC2)c1cccc(-n2cnnn2)c1. The molecule has 2 aliphatic rings. The van der Waals surface area contributed by atoms with Crippen molar-refractivity contribution in [2.45, 2.75) is 31.1 Å². The fourth-order valence-electron chi connectivity index (χ4n) is 3.26. The average Bonchev–Trinajstić information content (AvgIpc) is 3.30. The molecule has 1 N–H and O–H groups in total. The van der Waals surface area contributed by atoms with Gasteiger partial charge in [-0.05, 0) is 41.5 Å². The van der Waals surface area contributed by atoms with E-state index in [1.807, 2.05) is 0 Å². The number of sulfonamides is 1. The zero-order valence-corrected chi connectivity index (χ0v) is 16.9. The zero-order chi connectivity index (χ0) is 20.0. The molecular formula is C17H17N7O3S2. The van der Waals surface area contributed by atoms with E-state index in [0.29, 0.717) is 35.9 Å². The Balaban J connectivity index is 1.32. The second-order valence-electron chi connectivity index (χ2n) is 6.98. The van der Waals surface area contributed by atoms with Crippen LogP contribution in [0.2, 0.25) is 0 Å². The van der Waals surface area contributed by atoms with Gasteiger partial charge in [-0.2, -0.15) is 4.31 Å². The van der Waals surface area contributed by atoms with Gasteiger partial charge in [-0.3, -0.25) is 10.1 Å². The smallest absolute Gasteiger partial charge is 0.257 e. The van der Waals surface area contributed by atoms with Gasteiger partial charge in [0, 0.05) is 30.0 Å². The van der Waals surface area contributed by atoms with Crippen molar-refractivity contribution in [3.8, 4) is 5.69 Å². The van der Waals surface area contributed by atoms with Gasteiger partial charge in [-0.15, -0.1) is 16.4 Å². The van der Waals surface area contributed by atoms with Crippen molar-refractivity contribution >= 4 is 32.4 Å². The molecule has 0 atom stereocenters. The number of anilines is 1. The molecule has 1 aliphatic heterocycles. The standard InChI is InChI=1S/C17H17N7O3S2/c25-16(11-2-1-3-12(8-11)24-10-18-21-22-24)20-17-19-14-6-7-23(9-15(14)28-17)29(26,27)13-4-5-13/h1-3,8,10,13H,4-7,9H2,(H,19,20,25). The number of amides is 1. The molecule has 5 rings (SSSR count). The molecule has 1 amide bonds. The number of aromatic nitrogens is 5. The number of fused-ring (bicyclic) bond motifs is 1. The maximum Gasteiger partial charge on any atom is 0.257 e. The number of benzene rings is 1. The van der Waals surface area contributed by atoms with Gasteiger partial charge in [0.05, 0.1) is 16.6 Å². The fourth-order valence-corrected chi connectivity index (χ4v) is 6.17. The molecule has 0 unspecified atom stereocenters. The lowest BCUT2D eigenvalue weighted by Gasteiger charge is -2.25. The molecule has 0 bridgehead atoms. The summed E-state index contributed by atoms with van der Waals surface area (Å²) in [4.78, 5) is 18.0. The van der Waals surface area contributed by atoms with Crippen molar-refractivity contribution in [3.05, 3.63) is 46.7 Å². The zero-order valence-electron chi connectivity index (χ0n) is 15.2. The lowest BCUT2D eigenvalue weighted by Crippen LogP contribution is -2.37. The van der Waals surface area contributed by atoms with Crippen LogP contribution in [0.1, 0.15) is 33.8 Å².